The summed E-state index contributed by atoms with van der Waals surface area (Å²) in [5.74, 6) is -0.612. The van der Waals surface area contributed by atoms with Crippen molar-refractivity contribution in [3.8, 4) is 0 Å². The number of carboxylic acids is 1. The van der Waals surface area contributed by atoms with Gasteiger partial charge in [0.05, 0.1) is 6.10 Å². The molecular formula is C13H19NO3S. The van der Waals surface area contributed by atoms with E-state index in [1.807, 2.05) is 30.3 Å². The van der Waals surface area contributed by atoms with E-state index < -0.39 is 22.9 Å². The molecule has 4 N–H and O–H groups in total. The van der Waals surface area contributed by atoms with Gasteiger partial charge in [0.15, 0.2) is 0 Å². The zero-order valence-electron chi connectivity index (χ0n) is 10.5. The summed E-state index contributed by atoms with van der Waals surface area (Å²) in [4.78, 5) is 10.9. The minimum Gasteiger partial charge on any atom is -0.480 e. The minimum absolute atomic E-state index is 0.415. The molecule has 1 aromatic carbocycles. The molecule has 18 heavy (non-hydrogen) atoms. The average Bonchev–Trinajstić information content (AvgIpc) is 2.36. The number of carboxylic acid groups (broad SMARTS) is 1. The molecule has 0 bridgehead atoms. The third-order valence-electron chi connectivity index (χ3n) is 2.81. The molecule has 0 fully saturated rings. The van der Waals surface area contributed by atoms with Gasteiger partial charge in [0.25, 0.3) is 0 Å². The van der Waals surface area contributed by atoms with Crippen molar-refractivity contribution in [2.45, 2.75) is 30.7 Å². The van der Waals surface area contributed by atoms with E-state index in [0.717, 1.165) is 5.56 Å². The van der Waals surface area contributed by atoms with E-state index in [1.165, 1.54) is 11.8 Å². The molecule has 4 nitrogen and oxygen atoms in total. The number of thioether (sulfide) groups is 1. The normalized spacial score (nSPS) is 15.1. The van der Waals surface area contributed by atoms with Crippen molar-refractivity contribution in [3.05, 3.63) is 35.9 Å². The highest BCUT2D eigenvalue weighted by Gasteiger charge is 2.33. The smallest absolute Gasteiger partial charge is 0.321 e. The van der Waals surface area contributed by atoms with Crippen molar-refractivity contribution >= 4 is 17.7 Å². The standard InChI is InChI=1S/C13H19NO3S/c1-13(2,11(14)12(16)17)18-8-10(15)9-6-4-3-5-7-9/h3-7,10-11,15H,8,14H2,1-2H3,(H,16,17)/t10?,11-/m0/s1. The van der Waals surface area contributed by atoms with Crippen LogP contribution in [0.25, 0.3) is 0 Å². The Morgan fingerprint density at radius 2 is 1.94 bits per heavy atom. The van der Waals surface area contributed by atoms with E-state index in [2.05, 4.69) is 0 Å². The number of hydrogen-bond donors (Lipinski definition) is 3. The lowest BCUT2D eigenvalue weighted by atomic mass is 10.1. The molecule has 2 atom stereocenters. The summed E-state index contributed by atoms with van der Waals surface area (Å²) in [5, 5.41) is 18.9. The molecule has 0 spiro atoms. The van der Waals surface area contributed by atoms with Crippen LogP contribution in [-0.2, 0) is 4.79 Å². The van der Waals surface area contributed by atoms with Gasteiger partial charge in [-0.25, -0.2) is 0 Å². The second-order valence-electron chi connectivity index (χ2n) is 4.66. The van der Waals surface area contributed by atoms with Crippen molar-refractivity contribution < 1.29 is 15.0 Å². The van der Waals surface area contributed by atoms with Crippen molar-refractivity contribution in [2.75, 3.05) is 5.75 Å². The van der Waals surface area contributed by atoms with Crippen molar-refractivity contribution in [3.63, 3.8) is 0 Å². The lowest BCUT2D eigenvalue weighted by Gasteiger charge is -2.29. The van der Waals surface area contributed by atoms with E-state index in [4.69, 9.17) is 10.8 Å². The number of rotatable bonds is 6. The van der Waals surface area contributed by atoms with Crippen LogP contribution in [0.1, 0.15) is 25.5 Å². The van der Waals surface area contributed by atoms with Crippen LogP contribution >= 0.6 is 11.8 Å². The van der Waals surface area contributed by atoms with Gasteiger partial charge in [0.2, 0.25) is 0 Å². The Kier molecular flexibility index (Phi) is 5.19. The minimum atomic E-state index is -1.03. The Balaban J connectivity index is 2.57. The SMILES string of the molecule is CC(C)(SCC(O)c1ccccc1)[C@@H](N)C(=O)O. The summed E-state index contributed by atoms with van der Waals surface area (Å²) < 4.78 is -0.623. The molecule has 0 aliphatic rings. The fraction of sp³-hybridized carbons (Fsp3) is 0.462. The third kappa shape index (κ3) is 4.01. The second-order valence-corrected chi connectivity index (χ2v) is 6.33. The third-order valence-corrected chi connectivity index (χ3v) is 4.29. The van der Waals surface area contributed by atoms with E-state index in [9.17, 15) is 9.90 Å². The molecule has 5 heteroatoms. The van der Waals surface area contributed by atoms with E-state index in [0.29, 0.717) is 5.75 Å². The van der Waals surface area contributed by atoms with Crippen LogP contribution in [0.4, 0.5) is 0 Å². The molecule has 0 aliphatic carbocycles. The summed E-state index contributed by atoms with van der Waals surface area (Å²) in [6.07, 6.45) is -0.614. The fourth-order valence-corrected chi connectivity index (χ4v) is 2.51. The van der Waals surface area contributed by atoms with Gasteiger partial charge in [-0.3, -0.25) is 4.79 Å². The number of aliphatic hydroxyl groups is 1. The number of carbonyl (C=O) groups is 1. The summed E-state index contributed by atoms with van der Waals surface area (Å²) in [5.41, 5.74) is 6.44. The topological polar surface area (TPSA) is 83.5 Å². The Morgan fingerprint density at radius 1 is 1.39 bits per heavy atom. The monoisotopic (exact) mass is 269 g/mol. The first-order valence-electron chi connectivity index (χ1n) is 5.70. The maximum atomic E-state index is 10.9. The number of aliphatic hydroxyl groups excluding tert-OH is 1. The Labute approximate surface area is 111 Å². The quantitative estimate of drug-likeness (QED) is 0.731. The molecule has 0 amide bonds. The molecule has 0 aliphatic heterocycles. The summed E-state index contributed by atoms with van der Waals surface area (Å²) in [7, 11) is 0. The number of nitrogens with two attached hydrogens (primary N) is 1. The van der Waals surface area contributed by atoms with Crippen LogP contribution in [0.3, 0.4) is 0 Å². The second kappa shape index (κ2) is 6.22. The summed E-state index contributed by atoms with van der Waals surface area (Å²) >= 11 is 1.36. The van der Waals surface area contributed by atoms with Crippen LogP contribution in [0.15, 0.2) is 30.3 Å². The van der Waals surface area contributed by atoms with Crippen LogP contribution in [0, 0.1) is 0 Å². The van der Waals surface area contributed by atoms with Crippen molar-refractivity contribution in [1.29, 1.82) is 0 Å². The summed E-state index contributed by atoms with van der Waals surface area (Å²) in [6, 6.07) is 8.33. The van der Waals surface area contributed by atoms with Gasteiger partial charge in [0.1, 0.15) is 6.04 Å². The first kappa shape index (κ1) is 15.0. The molecule has 0 aromatic heterocycles. The first-order valence-corrected chi connectivity index (χ1v) is 6.68. The molecule has 1 aromatic rings. The van der Waals surface area contributed by atoms with Gasteiger partial charge in [-0.05, 0) is 19.4 Å². The fourth-order valence-electron chi connectivity index (χ4n) is 1.45. The lowest BCUT2D eigenvalue weighted by molar-refractivity contribution is -0.139. The highest BCUT2D eigenvalue weighted by Crippen LogP contribution is 2.31. The van der Waals surface area contributed by atoms with E-state index >= 15 is 0 Å². The average molecular weight is 269 g/mol. The predicted molar refractivity (Wildman–Crippen MR) is 73.6 cm³/mol. The molecule has 100 valence electrons. The highest BCUT2D eigenvalue weighted by atomic mass is 32.2. The van der Waals surface area contributed by atoms with Gasteiger partial charge >= 0.3 is 5.97 Å². The van der Waals surface area contributed by atoms with E-state index in [1.54, 1.807) is 13.8 Å². The maximum absolute atomic E-state index is 10.9. The Morgan fingerprint density at radius 3 is 2.44 bits per heavy atom. The molecule has 0 saturated carbocycles. The Hall–Kier alpha value is -1.04. The largest absolute Gasteiger partial charge is 0.480 e. The number of aliphatic carboxylic acids is 1. The maximum Gasteiger partial charge on any atom is 0.321 e. The Bertz CT molecular complexity index is 394. The first-order chi connectivity index (χ1) is 8.34. The van der Waals surface area contributed by atoms with Crippen molar-refractivity contribution in [2.24, 2.45) is 5.73 Å². The zero-order chi connectivity index (χ0) is 13.8. The van der Waals surface area contributed by atoms with Crippen LogP contribution < -0.4 is 5.73 Å². The highest BCUT2D eigenvalue weighted by molar-refractivity contribution is 8.00. The van der Waals surface area contributed by atoms with Crippen LogP contribution in [-0.4, -0.2) is 32.7 Å². The molecule has 0 saturated heterocycles. The molecule has 0 radical (unpaired) electrons. The molecule has 1 unspecified atom stereocenters. The number of benzene rings is 1. The van der Waals surface area contributed by atoms with Gasteiger partial charge in [-0.2, -0.15) is 11.8 Å². The summed E-state index contributed by atoms with van der Waals surface area (Å²) in [6.45, 7) is 3.54. The van der Waals surface area contributed by atoms with E-state index in [-0.39, 0.29) is 0 Å². The lowest BCUT2D eigenvalue weighted by Crippen LogP contribution is -2.47. The van der Waals surface area contributed by atoms with Gasteiger partial charge in [0, 0.05) is 10.5 Å². The van der Waals surface area contributed by atoms with Crippen molar-refractivity contribution in [1.82, 2.24) is 0 Å². The number of hydrogen-bond acceptors (Lipinski definition) is 4. The van der Waals surface area contributed by atoms with Crippen LogP contribution in [0.5, 0.6) is 0 Å². The van der Waals surface area contributed by atoms with Gasteiger partial charge in [-0.15, -0.1) is 0 Å². The van der Waals surface area contributed by atoms with Gasteiger partial charge in [-0.1, -0.05) is 30.3 Å². The van der Waals surface area contributed by atoms with Crippen LogP contribution in [0.2, 0.25) is 0 Å². The zero-order valence-corrected chi connectivity index (χ0v) is 11.4. The predicted octanol–water partition coefficient (Wildman–Crippen LogP) is 1.64. The molecule has 1 rings (SSSR count). The molecule has 0 heterocycles. The van der Waals surface area contributed by atoms with Gasteiger partial charge < -0.3 is 15.9 Å². The molecular weight excluding hydrogens is 250 g/mol.